The van der Waals surface area contributed by atoms with E-state index in [1.165, 1.54) is 10.2 Å². The Morgan fingerprint density at radius 3 is 2.79 bits per heavy atom. The van der Waals surface area contributed by atoms with Gasteiger partial charge in [-0.2, -0.15) is 5.10 Å². The maximum atomic E-state index is 12.7. The normalized spacial score (nSPS) is 12.5. The van der Waals surface area contributed by atoms with Crippen LogP contribution in [0.5, 0.6) is 0 Å². The van der Waals surface area contributed by atoms with E-state index in [1.807, 2.05) is 25.1 Å². The van der Waals surface area contributed by atoms with Gasteiger partial charge < -0.3 is 9.73 Å². The Hall–Kier alpha value is -3.35. The number of hydrogen-bond donors (Lipinski definition) is 1. The molecular weight excluding hydrogens is 356 g/mol. The number of fused-ring (bicyclic) bond motifs is 3. The maximum Gasteiger partial charge on any atom is 0.291 e. The van der Waals surface area contributed by atoms with Crippen molar-refractivity contribution in [2.45, 2.75) is 39.3 Å². The number of carbonyl (C=O) groups is 1. The van der Waals surface area contributed by atoms with Gasteiger partial charge in [-0.3, -0.25) is 14.0 Å². The molecule has 144 valence electrons. The van der Waals surface area contributed by atoms with Crippen molar-refractivity contribution < 1.29 is 9.21 Å². The molecule has 0 fully saturated rings. The molecule has 0 aliphatic carbocycles. The van der Waals surface area contributed by atoms with Crippen LogP contribution in [0.3, 0.4) is 0 Å². The van der Waals surface area contributed by atoms with E-state index in [0.717, 1.165) is 18.4 Å². The van der Waals surface area contributed by atoms with Crippen molar-refractivity contribution in [2.24, 2.45) is 0 Å². The molecule has 3 aromatic heterocycles. The Labute approximate surface area is 161 Å². The summed E-state index contributed by atoms with van der Waals surface area (Å²) in [4.78, 5) is 25.2. The monoisotopic (exact) mass is 378 g/mol. The number of furan rings is 1. The van der Waals surface area contributed by atoms with Crippen molar-refractivity contribution in [3.8, 4) is 0 Å². The molecule has 1 N–H and O–H groups in total. The lowest BCUT2D eigenvalue weighted by molar-refractivity contribution is -0.122. The van der Waals surface area contributed by atoms with Crippen LogP contribution in [0.25, 0.3) is 16.6 Å². The van der Waals surface area contributed by atoms with E-state index in [2.05, 4.69) is 22.5 Å². The molecule has 0 saturated heterocycles. The minimum Gasteiger partial charge on any atom is -0.463 e. The van der Waals surface area contributed by atoms with Gasteiger partial charge in [0, 0.05) is 18.2 Å². The molecule has 4 aromatic rings. The van der Waals surface area contributed by atoms with Gasteiger partial charge in [-0.15, -0.1) is 0 Å². The van der Waals surface area contributed by atoms with Gasteiger partial charge >= 0.3 is 0 Å². The SMILES string of the molecule is Cc1nn(CC(=O)N[C@@H](C)CCc2ccccc2)c(=O)c2cc3occc3n12. The third kappa shape index (κ3) is 3.43. The first-order valence-corrected chi connectivity index (χ1v) is 9.32. The molecule has 0 saturated carbocycles. The minimum atomic E-state index is -0.316. The fourth-order valence-corrected chi connectivity index (χ4v) is 3.49. The molecule has 28 heavy (non-hydrogen) atoms. The molecule has 7 heteroatoms. The Balaban J connectivity index is 1.46. The van der Waals surface area contributed by atoms with E-state index in [-0.39, 0.29) is 24.1 Å². The number of aromatic nitrogens is 3. The van der Waals surface area contributed by atoms with Crippen LogP contribution in [-0.4, -0.2) is 26.1 Å². The van der Waals surface area contributed by atoms with Gasteiger partial charge in [0.2, 0.25) is 5.91 Å². The van der Waals surface area contributed by atoms with Gasteiger partial charge in [-0.05, 0) is 32.3 Å². The van der Waals surface area contributed by atoms with E-state index in [0.29, 0.717) is 16.9 Å². The smallest absolute Gasteiger partial charge is 0.291 e. The third-order valence-electron chi connectivity index (χ3n) is 4.88. The van der Waals surface area contributed by atoms with Gasteiger partial charge in [0.15, 0.2) is 5.58 Å². The highest BCUT2D eigenvalue weighted by Gasteiger charge is 2.16. The lowest BCUT2D eigenvalue weighted by atomic mass is 10.1. The molecule has 1 aromatic carbocycles. The average Bonchev–Trinajstić information content (AvgIpc) is 3.26. The van der Waals surface area contributed by atoms with E-state index < -0.39 is 0 Å². The number of benzene rings is 1. The third-order valence-corrected chi connectivity index (χ3v) is 4.88. The summed E-state index contributed by atoms with van der Waals surface area (Å²) in [6.45, 7) is 3.65. The number of rotatable bonds is 6. The zero-order chi connectivity index (χ0) is 19.7. The molecule has 1 atom stereocenters. The minimum absolute atomic E-state index is 0.00359. The number of nitrogens with zero attached hydrogens (tertiary/aromatic N) is 3. The zero-order valence-corrected chi connectivity index (χ0v) is 15.9. The fraction of sp³-hybridized carbons (Fsp3) is 0.286. The van der Waals surface area contributed by atoms with Gasteiger partial charge in [0.25, 0.3) is 5.56 Å². The topological polar surface area (TPSA) is 81.5 Å². The number of nitrogens with one attached hydrogen (secondary N) is 1. The number of hydrogen-bond acceptors (Lipinski definition) is 4. The summed E-state index contributed by atoms with van der Waals surface area (Å²) in [5, 5.41) is 7.26. The molecule has 0 radical (unpaired) electrons. The molecule has 1 amide bonds. The lowest BCUT2D eigenvalue weighted by Crippen LogP contribution is -2.39. The summed E-state index contributed by atoms with van der Waals surface area (Å²) in [6, 6.07) is 13.6. The van der Waals surface area contributed by atoms with Crippen molar-refractivity contribution in [3.63, 3.8) is 0 Å². The van der Waals surface area contributed by atoms with Crippen molar-refractivity contribution in [3.05, 3.63) is 70.5 Å². The molecular formula is C21H22N4O3. The first-order chi connectivity index (χ1) is 13.5. The summed E-state index contributed by atoms with van der Waals surface area (Å²) in [7, 11) is 0. The maximum absolute atomic E-state index is 12.7. The molecule has 0 unspecified atom stereocenters. The summed E-state index contributed by atoms with van der Waals surface area (Å²) >= 11 is 0. The van der Waals surface area contributed by atoms with Gasteiger partial charge in [0.05, 0.1) is 11.8 Å². The first-order valence-electron chi connectivity index (χ1n) is 9.32. The molecule has 0 aliphatic heterocycles. The molecule has 0 bridgehead atoms. The van der Waals surface area contributed by atoms with E-state index >= 15 is 0 Å². The Bertz CT molecular complexity index is 1190. The van der Waals surface area contributed by atoms with Crippen molar-refractivity contribution in [1.29, 1.82) is 0 Å². The summed E-state index contributed by atoms with van der Waals surface area (Å²) in [5.41, 5.74) is 2.79. The molecule has 0 aliphatic rings. The largest absolute Gasteiger partial charge is 0.463 e. The molecule has 7 nitrogen and oxygen atoms in total. The Kier molecular flexibility index (Phi) is 4.73. The summed E-state index contributed by atoms with van der Waals surface area (Å²) < 4.78 is 8.33. The van der Waals surface area contributed by atoms with E-state index in [4.69, 9.17) is 4.42 Å². The predicted octanol–water partition coefficient (Wildman–Crippen LogP) is 2.69. The number of carbonyl (C=O) groups excluding carboxylic acids is 1. The van der Waals surface area contributed by atoms with Crippen LogP contribution in [-0.2, 0) is 17.8 Å². The second-order valence-electron chi connectivity index (χ2n) is 7.04. The van der Waals surface area contributed by atoms with Crippen LogP contribution in [0.2, 0.25) is 0 Å². The van der Waals surface area contributed by atoms with Crippen LogP contribution < -0.4 is 10.9 Å². The van der Waals surface area contributed by atoms with Gasteiger partial charge in [-0.1, -0.05) is 30.3 Å². The van der Waals surface area contributed by atoms with Gasteiger partial charge in [0.1, 0.15) is 17.9 Å². The molecule has 3 heterocycles. The highest BCUT2D eigenvalue weighted by Crippen LogP contribution is 2.19. The standard InChI is InChI=1S/C21H22N4O3/c1-14(8-9-16-6-4-3-5-7-16)22-20(26)13-24-21(27)18-12-19-17(10-11-28-19)25(18)15(2)23-24/h3-7,10-12,14H,8-9,13H2,1-2H3,(H,22,26)/t14-/m0/s1. The van der Waals surface area contributed by atoms with Crippen LogP contribution in [0.1, 0.15) is 24.7 Å². The van der Waals surface area contributed by atoms with Crippen molar-refractivity contribution >= 4 is 22.5 Å². The molecule has 4 rings (SSSR count). The quantitative estimate of drug-likeness (QED) is 0.559. The predicted molar refractivity (Wildman–Crippen MR) is 106 cm³/mol. The van der Waals surface area contributed by atoms with Crippen LogP contribution >= 0.6 is 0 Å². The summed E-state index contributed by atoms with van der Waals surface area (Å²) in [6.07, 6.45) is 3.28. The Morgan fingerprint density at radius 2 is 2.00 bits per heavy atom. The highest BCUT2D eigenvalue weighted by atomic mass is 16.3. The average molecular weight is 378 g/mol. The molecule has 0 spiro atoms. The second-order valence-corrected chi connectivity index (χ2v) is 7.04. The first kappa shape index (κ1) is 18.0. The van der Waals surface area contributed by atoms with Crippen molar-refractivity contribution in [2.75, 3.05) is 0 Å². The van der Waals surface area contributed by atoms with Crippen LogP contribution in [0.15, 0.2) is 57.9 Å². The van der Waals surface area contributed by atoms with Gasteiger partial charge in [-0.25, -0.2) is 4.68 Å². The van der Waals surface area contributed by atoms with Crippen LogP contribution in [0.4, 0.5) is 0 Å². The van der Waals surface area contributed by atoms with Crippen molar-refractivity contribution in [1.82, 2.24) is 19.5 Å². The fourth-order valence-electron chi connectivity index (χ4n) is 3.49. The number of aryl methyl sites for hydroxylation is 2. The number of amides is 1. The lowest BCUT2D eigenvalue weighted by Gasteiger charge is -2.14. The van der Waals surface area contributed by atoms with E-state index in [1.54, 1.807) is 29.7 Å². The summed E-state index contributed by atoms with van der Waals surface area (Å²) in [5.74, 6) is 0.394. The Morgan fingerprint density at radius 1 is 1.21 bits per heavy atom. The second kappa shape index (κ2) is 7.34. The highest BCUT2D eigenvalue weighted by molar-refractivity contribution is 5.82. The van der Waals surface area contributed by atoms with Crippen LogP contribution in [0, 0.1) is 6.92 Å². The zero-order valence-electron chi connectivity index (χ0n) is 15.9. The van der Waals surface area contributed by atoms with E-state index in [9.17, 15) is 9.59 Å².